The largest absolute Gasteiger partial charge is 0.467 e. The van der Waals surface area contributed by atoms with Gasteiger partial charge in [-0.3, -0.25) is 0 Å². The van der Waals surface area contributed by atoms with Gasteiger partial charge in [-0.1, -0.05) is 51.1 Å². The number of alkyl carbamates (subject to hydrolysis) is 1. The molecule has 0 aromatic heterocycles. The van der Waals surface area contributed by atoms with Crippen molar-refractivity contribution in [3.05, 3.63) is 35.9 Å². The van der Waals surface area contributed by atoms with Crippen LogP contribution in [0.5, 0.6) is 0 Å². The van der Waals surface area contributed by atoms with Gasteiger partial charge in [0, 0.05) is 0 Å². The number of carbonyl (C=O) groups is 2. The first kappa shape index (κ1) is 16.0. The SMILES string of the molecule is COC(=O)[C@@H](NC(=O)OCc1ccccc1)C(C)(C)C. The summed E-state index contributed by atoms with van der Waals surface area (Å²) in [5.41, 5.74) is 0.423. The molecule has 0 aliphatic rings. The Hall–Kier alpha value is -2.04. The first-order valence-electron chi connectivity index (χ1n) is 6.39. The standard InChI is InChI=1S/C15H21NO4/c1-15(2,3)12(13(17)19-4)16-14(18)20-10-11-8-6-5-7-9-11/h5-9,12H,10H2,1-4H3,(H,16,18)/t12-/m1/s1. The molecule has 0 spiro atoms. The van der Waals surface area contributed by atoms with Gasteiger partial charge in [-0.2, -0.15) is 0 Å². The van der Waals surface area contributed by atoms with E-state index in [1.165, 1.54) is 7.11 Å². The summed E-state index contributed by atoms with van der Waals surface area (Å²) in [6.07, 6.45) is -0.640. The molecule has 1 amide bonds. The molecule has 5 heteroatoms. The summed E-state index contributed by atoms with van der Waals surface area (Å²) in [5, 5.41) is 2.54. The van der Waals surface area contributed by atoms with Gasteiger partial charge in [0.05, 0.1) is 7.11 Å². The number of nitrogens with one attached hydrogen (secondary N) is 1. The molecule has 0 aliphatic carbocycles. The number of amides is 1. The Morgan fingerprint density at radius 2 is 1.80 bits per heavy atom. The lowest BCUT2D eigenvalue weighted by atomic mass is 9.87. The highest BCUT2D eigenvalue weighted by atomic mass is 16.6. The van der Waals surface area contributed by atoms with Gasteiger partial charge >= 0.3 is 12.1 Å². The molecular weight excluding hydrogens is 258 g/mol. The number of ether oxygens (including phenoxy) is 2. The van der Waals surface area contributed by atoms with Gasteiger partial charge in [-0.15, -0.1) is 0 Å². The highest BCUT2D eigenvalue weighted by molar-refractivity contribution is 5.82. The topological polar surface area (TPSA) is 64.6 Å². The summed E-state index contributed by atoms with van der Waals surface area (Å²) in [6.45, 7) is 5.68. The minimum Gasteiger partial charge on any atom is -0.467 e. The molecule has 110 valence electrons. The Balaban J connectivity index is 2.57. The van der Waals surface area contributed by atoms with Crippen LogP contribution in [0.15, 0.2) is 30.3 Å². The highest BCUT2D eigenvalue weighted by Gasteiger charge is 2.34. The number of hydrogen-bond acceptors (Lipinski definition) is 4. The van der Waals surface area contributed by atoms with E-state index < -0.39 is 23.5 Å². The summed E-state index contributed by atoms with van der Waals surface area (Å²) >= 11 is 0. The third-order valence-electron chi connectivity index (χ3n) is 2.78. The van der Waals surface area contributed by atoms with Crippen molar-refractivity contribution >= 4 is 12.1 Å². The van der Waals surface area contributed by atoms with Crippen LogP contribution < -0.4 is 5.32 Å². The van der Waals surface area contributed by atoms with E-state index in [1.54, 1.807) is 0 Å². The van der Waals surface area contributed by atoms with Gasteiger partial charge in [-0.05, 0) is 11.0 Å². The molecule has 0 unspecified atom stereocenters. The fourth-order valence-electron chi connectivity index (χ4n) is 1.63. The van der Waals surface area contributed by atoms with Crippen LogP contribution in [0.3, 0.4) is 0 Å². The van der Waals surface area contributed by atoms with E-state index in [9.17, 15) is 9.59 Å². The maximum absolute atomic E-state index is 11.8. The van der Waals surface area contributed by atoms with E-state index in [-0.39, 0.29) is 6.61 Å². The fourth-order valence-corrected chi connectivity index (χ4v) is 1.63. The Labute approximate surface area is 119 Å². The Kier molecular flexibility index (Phi) is 5.55. The normalized spacial score (nSPS) is 12.4. The maximum Gasteiger partial charge on any atom is 0.408 e. The monoisotopic (exact) mass is 279 g/mol. The van der Waals surface area contributed by atoms with E-state index in [4.69, 9.17) is 9.47 Å². The van der Waals surface area contributed by atoms with Crippen LogP contribution >= 0.6 is 0 Å². The van der Waals surface area contributed by atoms with Crippen molar-refractivity contribution in [2.45, 2.75) is 33.4 Å². The van der Waals surface area contributed by atoms with Crippen molar-refractivity contribution in [1.82, 2.24) is 5.32 Å². The van der Waals surface area contributed by atoms with Crippen LogP contribution in [0.25, 0.3) is 0 Å². The molecule has 0 radical (unpaired) electrons. The number of methoxy groups -OCH3 is 1. The molecule has 5 nitrogen and oxygen atoms in total. The predicted molar refractivity (Wildman–Crippen MR) is 75.0 cm³/mol. The molecule has 0 bridgehead atoms. The van der Waals surface area contributed by atoms with Gasteiger partial charge in [0.1, 0.15) is 12.6 Å². The summed E-state index contributed by atoms with van der Waals surface area (Å²) in [6, 6.07) is 8.57. The molecule has 0 saturated heterocycles. The van der Waals surface area contributed by atoms with Crippen molar-refractivity contribution < 1.29 is 19.1 Å². The van der Waals surface area contributed by atoms with Gasteiger partial charge in [0.2, 0.25) is 0 Å². The number of benzene rings is 1. The van der Waals surface area contributed by atoms with Crippen molar-refractivity contribution in [3.63, 3.8) is 0 Å². The smallest absolute Gasteiger partial charge is 0.408 e. The van der Waals surface area contributed by atoms with E-state index >= 15 is 0 Å². The number of hydrogen-bond donors (Lipinski definition) is 1. The highest BCUT2D eigenvalue weighted by Crippen LogP contribution is 2.20. The molecule has 0 aliphatic heterocycles. The van der Waals surface area contributed by atoms with Crippen molar-refractivity contribution in [2.24, 2.45) is 5.41 Å². The number of rotatable bonds is 4. The lowest BCUT2D eigenvalue weighted by molar-refractivity contribution is -0.145. The minimum absolute atomic E-state index is 0.157. The number of esters is 1. The average Bonchev–Trinajstić information content (AvgIpc) is 2.41. The predicted octanol–water partition coefficient (Wildman–Crippen LogP) is 2.50. The molecule has 1 aromatic carbocycles. The lowest BCUT2D eigenvalue weighted by Gasteiger charge is -2.28. The van der Waals surface area contributed by atoms with E-state index in [2.05, 4.69) is 5.32 Å². The van der Waals surface area contributed by atoms with Crippen LogP contribution in [-0.2, 0) is 20.9 Å². The minimum atomic E-state index is -0.754. The molecular formula is C15H21NO4. The molecule has 1 N–H and O–H groups in total. The first-order valence-corrected chi connectivity index (χ1v) is 6.39. The first-order chi connectivity index (χ1) is 9.34. The van der Waals surface area contributed by atoms with Crippen LogP contribution in [-0.4, -0.2) is 25.2 Å². The third kappa shape index (κ3) is 4.91. The average molecular weight is 279 g/mol. The van der Waals surface area contributed by atoms with E-state index in [0.717, 1.165) is 5.56 Å². The van der Waals surface area contributed by atoms with Gasteiger partial charge < -0.3 is 14.8 Å². The van der Waals surface area contributed by atoms with Crippen molar-refractivity contribution in [1.29, 1.82) is 0 Å². The second-order valence-electron chi connectivity index (χ2n) is 5.53. The van der Waals surface area contributed by atoms with Crippen LogP contribution in [0, 0.1) is 5.41 Å². The van der Waals surface area contributed by atoms with Gasteiger partial charge in [0.15, 0.2) is 0 Å². The van der Waals surface area contributed by atoms with E-state index in [1.807, 2.05) is 51.1 Å². The third-order valence-corrected chi connectivity index (χ3v) is 2.78. The molecule has 1 atom stereocenters. The Morgan fingerprint density at radius 3 is 2.30 bits per heavy atom. The second-order valence-corrected chi connectivity index (χ2v) is 5.53. The zero-order chi connectivity index (χ0) is 15.2. The fraction of sp³-hybridized carbons (Fsp3) is 0.467. The molecule has 0 saturated carbocycles. The summed E-state index contributed by atoms with van der Waals surface area (Å²) in [5.74, 6) is -0.492. The maximum atomic E-state index is 11.8. The van der Waals surface area contributed by atoms with Gasteiger partial charge in [-0.25, -0.2) is 9.59 Å². The zero-order valence-corrected chi connectivity index (χ0v) is 12.3. The number of carbonyl (C=O) groups excluding carboxylic acids is 2. The molecule has 0 fully saturated rings. The second kappa shape index (κ2) is 6.93. The van der Waals surface area contributed by atoms with Crippen molar-refractivity contribution in [2.75, 3.05) is 7.11 Å². The van der Waals surface area contributed by atoms with Crippen LogP contribution in [0.1, 0.15) is 26.3 Å². The molecule has 1 aromatic rings. The van der Waals surface area contributed by atoms with Gasteiger partial charge in [0.25, 0.3) is 0 Å². The summed E-state index contributed by atoms with van der Waals surface area (Å²) < 4.78 is 9.78. The molecule has 0 heterocycles. The quantitative estimate of drug-likeness (QED) is 0.860. The van der Waals surface area contributed by atoms with Crippen LogP contribution in [0.2, 0.25) is 0 Å². The van der Waals surface area contributed by atoms with E-state index in [0.29, 0.717) is 0 Å². The summed E-state index contributed by atoms with van der Waals surface area (Å²) in [7, 11) is 1.29. The molecule has 1 rings (SSSR count). The van der Waals surface area contributed by atoms with Crippen molar-refractivity contribution in [3.8, 4) is 0 Å². The zero-order valence-electron chi connectivity index (χ0n) is 12.3. The Bertz CT molecular complexity index is 451. The van der Waals surface area contributed by atoms with Crippen LogP contribution in [0.4, 0.5) is 4.79 Å². The molecule has 20 heavy (non-hydrogen) atoms. The lowest BCUT2D eigenvalue weighted by Crippen LogP contribution is -2.49. The summed E-state index contributed by atoms with van der Waals surface area (Å²) in [4.78, 5) is 23.4. The Morgan fingerprint density at radius 1 is 1.20 bits per heavy atom.